The Morgan fingerprint density at radius 1 is 0.490 bits per heavy atom. The van der Waals surface area contributed by atoms with Gasteiger partial charge in [-0.2, -0.15) is 0 Å². The van der Waals surface area contributed by atoms with Gasteiger partial charge in [-0.1, -0.05) is 127 Å². The lowest BCUT2D eigenvalue weighted by Crippen LogP contribution is -1.94. The molecule has 2 aromatic heterocycles. The van der Waals surface area contributed by atoms with Gasteiger partial charge in [-0.25, -0.2) is 0 Å². The smallest absolute Gasteiger partial charge is 0.136 e. The fourth-order valence-electron chi connectivity index (χ4n) is 6.23. The minimum atomic E-state index is 0.640. The third kappa shape index (κ3) is 6.64. The molecule has 4 nitrogen and oxygen atoms in total. The monoisotopic (exact) mass is 636 g/mol. The van der Waals surface area contributed by atoms with Crippen LogP contribution in [0.25, 0.3) is 66.1 Å². The van der Waals surface area contributed by atoms with E-state index in [4.69, 9.17) is 20.0 Å². The van der Waals surface area contributed by atoms with Crippen molar-refractivity contribution < 1.29 is 8.83 Å². The van der Waals surface area contributed by atoms with Crippen molar-refractivity contribution in [3.63, 3.8) is 0 Å². The van der Waals surface area contributed by atoms with Crippen molar-refractivity contribution in [2.24, 2.45) is 5.73 Å². The van der Waals surface area contributed by atoms with Crippen LogP contribution in [-0.4, -0.2) is 6.21 Å². The molecule has 0 radical (unpaired) electrons. The molecule has 0 atom stereocenters. The van der Waals surface area contributed by atoms with E-state index in [0.717, 1.165) is 44.2 Å². The first-order chi connectivity index (χ1) is 24.1. The third-order valence-electron chi connectivity index (χ3n) is 8.68. The van der Waals surface area contributed by atoms with Crippen molar-refractivity contribution in [3.8, 4) is 22.3 Å². The van der Waals surface area contributed by atoms with E-state index >= 15 is 0 Å². The average molecular weight is 637 g/mol. The van der Waals surface area contributed by atoms with E-state index in [1.165, 1.54) is 44.8 Å². The molecule has 0 aliphatic rings. The molecule has 0 fully saturated rings. The van der Waals surface area contributed by atoms with Crippen LogP contribution < -0.4 is 5.73 Å². The lowest BCUT2D eigenvalue weighted by Gasteiger charge is -2.06. The van der Waals surface area contributed by atoms with Gasteiger partial charge in [0.2, 0.25) is 0 Å². The lowest BCUT2D eigenvalue weighted by atomic mass is 9.97. The van der Waals surface area contributed by atoms with Crippen LogP contribution in [0.2, 0.25) is 0 Å². The standard InChI is InChI=1S/C25H17NO.C13H10O.C7H9N/c26-16-21-10-5-11-24-25(21)22-15-20(12-13-23(22)27-24)19-9-4-8-18(14-19)17-6-2-1-3-7-17;1-9-5-4-8-12-13(9)10-6-2-3-7-11(10)14-12;8-6-7-4-2-1-3-5-7/h1-16,26H;2-8H,1H3;1-5H,6,8H2. The fourth-order valence-corrected chi connectivity index (χ4v) is 6.23. The normalized spacial score (nSPS) is 10.8. The van der Waals surface area contributed by atoms with Gasteiger partial charge in [-0.05, 0) is 76.7 Å². The van der Waals surface area contributed by atoms with Crippen LogP contribution in [0.15, 0.2) is 173 Å². The Morgan fingerprint density at radius 2 is 1.04 bits per heavy atom. The molecule has 9 aromatic rings. The van der Waals surface area contributed by atoms with E-state index in [1.54, 1.807) is 0 Å². The maximum Gasteiger partial charge on any atom is 0.136 e. The third-order valence-corrected chi connectivity index (χ3v) is 8.68. The first kappa shape index (κ1) is 31.4. The molecule has 0 bridgehead atoms. The first-order valence-electron chi connectivity index (χ1n) is 16.4. The van der Waals surface area contributed by atoms with E-state index in [2.05, 4.69) is 79.7 Å². The zero-order chi connectivity index (χ0) is 33.6. The molecule has 49 heavy (non-hydrogen) atoms. The molecule has 3 N–H and O–H groups in total. The zero-order valence-electron chi connectivity index (χ0n) is 27.3. The molecule has 9 rings (SSSR count). The van der Waals surface area contributed by atoms with Crippen LogP contribution in [0.5, 0.6) is 0 Å². The van der Waals surface area contributed by atoms with E-state index in [1.807, 2.05) is 91.0 Å². The number of nitrogens with two attached hydrogens (primary N) is 1. The van der Waals surface area contributed by atoms with E-state index < -0.39 is 0 Å². The summed E-state index contributed by atoms with van der Waals surface area (Å²) in [5.74, 6) is 0. The number of aryl methyl sites for hydroxylation is 1. The minimum Gasteiger partial charge on any atom is -0.456 e. The predicted molar refractivity (Wildman–Crippen MR) is 205 cm³/mol. The number of furan rings is 2. The number of hydrogen-bond donors (Lipinski definition) is 2. The van der Waals surface area contributed by atoms with Crippen molar-refractivity contribution in [2.75, 3.05) is 0 Å². The van der Waals surface area contributed by atoms with Crippen molar-refractivity contribution in [2.45, 2.75) is 13.5 Å². The largest absolute Gasteiger partial charge is 0.456 e. The number of para-hydroxylation sites is 1. The maximum absolute atomic E-state index is 7.71. The quantitative estimate of drug-likeness (QED) is 0.189. The summed E-state index contributed by atoms with van der Waals surface area (Å²) >= 11 is 0. The molecule has 0 aliphatic carbocycles. The Kier molecular flexibility index (Phi) is 9.13. The molecule has 2 heterocycles. The molecule has 0 spiro atoms. The highest BCUT2D eigenvalue weighted by Gasteiger charge is 2.12. The van der Waals surface area contributed by atoms with Crippen molar-refractivity contribution in [1.29, 1.82) is 5.41 Å². The van der Waals surface area contributed by atoms with Gasteiger partial charge in [-0.3, -0.25) is 0 Å². The van der Waals surface area contributed by atoms with Crippen LogP contribution in [0.1, 0.15) is 16.7 Å². The van der Waals surface area contributed by atoms with Crippen LogP contribution in [0.3, 0.4) is 0 Å². The molecule has 4 heteroatoms. The van der Waals surface area contributed by atoms with Gasteiger partial charge in [0, 0.05) is 39.9 Å². The second kappa shape index (κ2) is 14.3. The minimum absolute atomic E-state index is 0.640. The molecule has 0 aliphatic heterocycles. The van der Waals surface area contributed by atoms with Crippen molar-refractivity contribution >= 4 is 50.1 Å². The molecular formula is C45H36N2O2. The summed E-state index contributed by atoms with van der Waals surface area (Å²) in [5, 5.41) is 12.2. The SMILES string of the molecule is Cc1cccc2oc3ccccc3c12.N=Cc1cccc2oc3ccc(-c4cccc(-c5ccccc5)c4)cc3c12.NCc1ccccc1. The Labute approximate surface area is 285 Å². The van der Waals surface area contributed by atoms with E-state index in [9.17, 15) is 0 Å². The van der Waals surface area contributed by atoms with Gasteiger partial charge in [0.1, 0.15) is 22.3 Å². The topological polar surface area (TPSA) is 76.2 Å². The van der Waals surface area contributed by atoms with E-state index in [0.29, 0.717) is 6.54 Å². The van der Waals surface area contributed by atoms with Crippen LogP contribution in [-0.2, 0) is 6.54 Å². The predicted octanol–water partition coefficient (Wildman–Crippen LogP) is 12.0. The van der Waals surface area contributed by atoms with Gasteiger partial charge in [0.05, 0.1) is 0 Å². The Hall–Kier alpha value is -6.23. The summed E-state index contributed by atoms with van der Waals surface area (Å²) in [6.45, 7) is 2.76. The van der Waals surface area contributed by atoms with Gasteiger partial charge >= 0.3 is 0 Å². The highest BCUT2D eigenvalue weighted by Crippen LogP contribution is 2.35. The van der Waals surface area contributed by atoms with Crippen LogP contribution in [0, 0.1) is 12.3 Å². The Morgan fingerprint density at radius 3 is 1.76 bits per heavy atom. The van der Waals surface area contributed by atoms with Gasteiger partial charge in [0.25, 0.3) is 0 Å². The fraction of sp³-hybridized carbons (Fsp3) is 0.0444. The van der Waals surface area contributed by atoms with Crippen LogP contribution >= 0.6 is 0 Å². The van der Waals surface area contributed by atoms with Crippen molar-refractivity contribution in [1.82, 2.24) is 0 Å². The van der Waals surface area contributed by atoms with Crippen molar-refractivity contribution in [3.05, 3.63) is 180 Å². The highest BCUT2D eigenvalue weighted by molar-refractivity contribution is 6.13. The summed E-state index contributed by atoms with van der Waals surface area (Å²) in [6, 6.07) is 55.4. The van der Waals surface area contributed by atoms with Gasteiger partial charge in [0.15, 0.2) is 0 Å². The van der Waals surface area contributed by atoms with Crippen LogP contribution in [0.4, 0.5) is 0 Å². The second-order valence-corrected chi connectivity index (χ2v) is 11.9. The summed E-state index contributed by atoms with van der Waals surface area (Å²) in [6.07, 6.45) is 1.39. The molecule has 0 unspecified atom stereocenters. The lowest BCUT2D eigenvalue weighted by molar-refractivity contribution is 0.668. The highest BCUT2D eigenvalue weighted by atomic mass is 16.3. The first-order valence-corrected chi connectivity index (χ1v) is 16.4. The number of fused-ring (bicyclic) bond motifs is 6. The summed E-state index contributed by atoms with van der Waals surface area (Å²) < 4.78 is 11.7. The Balaban J connectivity index is 0.000000142. The molecule has 0 amide bonds. The number of benzene rings is 7. The van der Waals surface area contributed by atoms with Gasteiger partial charge in [-0.15, -0.1) is 0 Å². The molecule has 7 aromatic carbocycles. The number of hydrogen-bond acceptors (Lipinski definition) is 4. The molecule has 238 valence electrons. The van der Waals surface area contributed by atoms with E-state index in [-0.39, 0.29) is 0 Å². The maximum atomic E-state index is 7.71. The summed E-state index contributed by atoms with van der Waals surface area (Å²) in [7, 11) is 0. The molecule has 0 saturated carbocycles. The second-order valence-electron chi connectivity index (χ2n) is 11.9. The zero-order valence-corrected chi connectivity index (χ0v) is 27.3. The number of rotatable bonds is 4. The van der Waals surface area contributed by atoms with Gasteiger partial charge < -0.3 is 20.0 Å². The summed E-state index contributed by atoms with van der Waals surface area (Å²) in [4.78, 5) is 0. The Bertz CT molecular complexity index is 2510. The average Bonchev–Trinajstić information content (AvgIpc) is 3.75. The molecular weight excluding hydrogens is 601 g/mol. The summed E-state index contributed by atoms with van der Waals surface area (Å²) in [5.41, 5.74) is 17.0. The number of nitrogens with one attached hydrogen (secondary N) is 1. The molecule has 0 saturated heterocycles.